The molecule has 6 nitrogen and oxygen atoms in total. The minimum atomic E-state index is -3.66. The van der Waals surface area contributed by atoms with Crippen molar-refractivity contribution in [1.29, 1.82) is 0 Å². The molecule has 4 N–H and O–H groups in total. The van der Waals surface area contributed by atoms with Gasteiger partial charge in [0, 0.05) is 13.1 Å². The Kier molecular flexibility index (Phi) is 11.6. The first-order valence-corrected chi connectivity index (χ1v) is 5.46. The van der Waals surface area contributed by atoms with E-state index in [1.165, 1.54) is 6.92 Å². The first kappa shape index (κ1) is 15.3. The summed E-state index contributed by atoms with van der Waals surface area (Å²) in [6, 6.07) is 0. The molecule has 0 amide bonds. The van der Waals surface area contributed by atoms with E-state index in [0.29, 0.717) is 13.1 Å². The Morgan fingerprint density at radius 2 is 1.46 bits per heavy atom. The Labute approximate surface area is 78.3 Å². The molecule has 0 aliphatic heterocycles. The van der Waals surface area contributed by atoms with Crippen LogP contribution in [0.5, 0.6) is 0 Å². The molecule has 0 fully saturated rings. The number of hydrogen-bond acceptors (Lipinski definition) is 5. The molecule has 0 radical (unpaired) electrons. The molecule has 0 aliphatic carbocycles. The van der Waals surface area contributed by atoms with Gasteiger partial charge >= 0.3 is 0 Å². The van der Waals surface area contributed by atoms with E-state index in [2.05, 4.69) is 5.32 Å². The summed E-state index contributed by atoms with van der Waals surface area (Å²) in [5.41, 5.74) is 0. The van der Waals surface area contributed by atoms with Gasteiger partial charge in [0.05, 0.1) is 19.0 Å². The van der Waals surface area contributed by atoms with Gasteiger partial charge in [0.25, 0.3) is 10.1 Å². The number of aliphatic hydroxyl groups is 2. The molecule has 0 spiro atoms. The Morgan fingerprint density at radius 3 is 1.62 bits per heavy atom. The molecule has 13 heavy (non-hydrogen) atoms. The molecule has 7 heteroatoms. The predicted octanol–water partition coefficient (Wildman–Crippen LogP) is -1.55. The summed E-state index contributed by atoms with van der Waals surface area (Å²) < 4.78 is 26.9. The topological polar surface area (TPSA) is 107 Å². The molecular weight excluding hydrogens is 198 g/mol. The largest absolute Gasteiger partial charge is 0.395 e. The van der Waals surface area contributed by atoms with Crippen molar-refractivity contribution in [3.8, 4) is 0 Å². The zero-order chi connectivity index (χ0) is 10.7. The van der Waals surface area contributed by atoms with Crippen molar-refractivity contribution in [2.24, 2.45) is 0 Å². The molecular formula is C6H17NO5S. The van der Waals surface area contributed by atoms with Crippen LogP contribution in [0.4, 0.5) is 0 Å². The third-order valence-electron chi connectivity index (χ3n) is 0.942. The molecule has 0 aromatic carbocycles. The van der Waals surface area contributed by atoms with E-state index in [1.807, 2.05) is 0 Å². The van der Waals surface area contributed by atoms with Gasteiger partial charge in [-0.15, -0.1) is 0 Å². The van der Waals surface area contributed by atoms with Crippen LogP contribution in [0, 0.1) is 0 Å². The van der Waals surface area contributed by atoms with E-state index in [-0.39, 0.29) is 19.0 Å². The third-order valence-corrected chi connectivity index (χ3v) is 1.67. The molecule has 82 valence electrons. The maximum absolute atomic E-state index is 9.56. The van der Waals surface area contributed by atoms with E-state index in [9.17, 15) is 8.42 Å². The lowest BCUT2D eigenvalue weighted by Gasteiger charge is -1.94. The van der Waals surface area contributed by atoms with Crippen LogP contribution in [-0.4, -0.2) is 55.2 Å². The van der Waals surface area contributed by atoms with Crippen LogP contribution in [0.15, 0.2) is 0 Å². The van der Waals surface area contributed by atoms with Crippen LogP contribution in [0.3, 0.4) is 0 Å². The summed E-state index contributed by atoms with van der Waals surface area (Å²) in [6.07, 6.45) is 0. The van der Waals surface area contributed by atoms with Crippen LogP contribution in [0.1, 0.15) is 6.92 Å². The molecule has 0 atom stereocenters. The molecule has 0 unspecified atom stereocenters. The highest BCUT2D eigenvalue weighted by atomic mass is 32.2. The van der Waals surface area contributed by atoms with E-state index in [1.54, 1.807) is 0 Å². The van der Waals surface area contributed by atoms with Gasteiger partial charge in [0.2, 0.25) is 0 Å². The summed E-state index contributed by atoms with van der Waals surface area (Å²) >= 11 is 0. The summed E-state index contributed by atoms with van der Waals surface area (Å²) in [7, 11) is -3.66. The average Bonchev–Trinajstić information content (AvgIpc) is 2.06. The molecule has 0 heterocycles. The number of hydrogen-bond donors (Lipinski definition) is 4. The second-order valence-electron chi connectivity index (χ2n) is 2.07. The first-order valence-electron chi connectivity index (χ1n) is 3.85. The zero-order valence-electron chi connectivity index (χ0n) is 7.60. The normalized spacial score (nSPS) is 10.5. The Balaban J connectivity index is 0. The monoisotopic (exact) mass is 215 g/mol. The van der Waals surface area contributed by atoms with Crippen molar-refractivity contribution in [2.75, 3.05) is 32.1 Å². The van der Waals surface area contributed by atoms with Gasteiger partial charge in [-0.3, -0.25) is 4.55 Å². The second kappa shape index (κ2) is 9.87. The van der Waals surface area contributed by atoms with Gasteiger partial charge in [-0.2, -0.15) is 8.42 Å². The lowest BCUT2D eigenvalue weighted by atomic mass is 10.6. The van der Waals surface area contributed by atoms with Crippen LogP contribution < -0.4 is 5.32 Å². The maximum Gasteiger partial charge on any atom is 0.264 e. The van der Waals surface area contributed by atoms with Gasteiger partial charge in [0.15, 0.2) is 0 Å². The van der Waals surface area contributed by atoms with E-state index in [4.69, 9.17) is 14.8 Å². The van der Waals surface area contributed by atoms with Crippen molar-refractivity contribution in [3.05, 3.63) is 0 Å². The van der Waals surface area contributed by atoms with Gasteiger partial charge in [0.1, 0.15) is 0 Å². The molecule has 0 aromatic rings. The third kappa shape index (κ3) is 24.5. The van der Waals surface area contributed by atoms with E-state index < -0.39 is 10.1 Å². The van der Waals surface area contributed by atoms with Gasteiger partial charge in [-0.25, -0.2) is 0 Å². The summed E-state index contributed by atoms with van der Waals surface area (Å²) in [4.78, 5) is 0. The fourth-order valence-corrected chi connectivity index (χ4v) is 0.283. The van der Waals surface area contributed by atoms with E-state index >= 15 is 0 Å². The highest BCUT2D eigenvalue weighted by Crippen LogP contribution is 1.74. The van der Waals surface area contributed by atoms with Gasteiger partial charge in [-0.1, -0.05) is 0 Å². The predicted molar refractivity (Wildman–Crippen MR) is 49.1 cm³/mol. The fraction of sp³-hybridized carbons (Fsp3) is 1.00. The molecule has 0 rings (SSSR count). The summed E-state index contributed by atoms with van der Waals surface area (Å²) in [6.45, 7) is 2.79. The number of nitrogens with one attached hydrogen (secondary N) is 1. The smallest absolute Gasteiger partial charge is 0.264 e. The van der Waals surface area contributed by atoms with Crippen molar-refractivity contribution in [2.45, 2.75) is 6.92 Å². The van der Waals surface area contributed by atoms with Crippen molar-refractivity contribution >= 4 is 10.1 Å². The molecule has 0 saturated carbocycles. The van der Waals surface area contributed by atoms with Gasteiger partial charge in [-0.05, 0) is 6.92 Å². The minimum absolute atomic E-state index is 0.139. The number of rotatable bonds is 5. The fourth-order valence-electron chi connectivity index (χ4n) is 0.283. The SMILES string of the molecule is CCS(=O)(=O)O.OCCNCCO. The Hall–Kier alpha value is -0.210. The molecule has 0 saturated heterocycles. The average molecular weight is 215 g/mol. The Bertz CT molecular complexity index is 175. The maximum atomic E-state index is 9.56. The standard InChI is InChI=1S/C4H11NO2.C2H6O3S/c6-3-1-5-2-4-7;1-2-6(3,4)5/h5-7H,1-4H2;2H2,1H3,(H,3,4,5). The number of aliphatic hydroxyl groups excluding tert-OH is 2. The summed E-state index contributed by atoms with van der Waals surface area (Å²) in [5.74, 6) is -0.201. The quantitative estimate of drug-likeness (QED) is 0.327. The highest BCUT2D eigenvalue weighted by Gasteiger charge is 1.93. The minimum Gasteiger partial charge on any atom is -0.395 e. The lowest BCUT2D eigenvalue weighted by molar-refractivity contribution is 0.266. The van der Waals surface area contributed by atoms with Gasteiger partial charge < -0.3 is 15.5 Å². The van der Waals surface area contributed by atoms with Crippen LogP contribution >= 0.6 is 0 Å². The van der Waals surface area contributed by atoms with Crippen molar-refractivity contribution in [3.63, 3.8) is 0 Å². The van der Waals surface area contributed by atoms with Crippen LogP contribution in [0.2, 0.25) is 0 Å². The highest BCUT2D eigenvalue weighted by molar-refractivity contribution is 7.85. The van der Waals surface area contributed by atoms with Crippen molar-refractivity contribution < 1.29 is 23.2 Å². The van der Waals surface area contributed by atoms with E-state index in [0.717, 1.165) is 0 Å². The second-order valence-corrected chi connectivity index (χ2v) is 3.81. The molecule has 0 aromatic heterocycles. The molecule has 0 bridgehead atoms. The van der Waals surface area contributed by atoms with Crippen LogP contribution in [-0.2, 0) is 10.1 Å². The zero-order valence-corrected chi connectivity index (χ0v) is 8.42. The Morgan fingerprint density at radius 1 is 1.15 bits per heavy atom. The van der Waals surface area contributed by atoms with Crippen molar-refractivity contribution in [1.82, 2.24) is 5.32 Å². The first-order chi connectivity index (χ1) is 5.97. The summed E-state index contributed by atoms with van der Waals surface area (Å²) in [5, 5.41) is 19.1. The van der Waals surface area contributed by atoms with Crippen LogP contribution in [0.25, 0.3) is 0 Å². The lowest BCUT2D eigenvalue weighted by Crippen LogP contribution is -2.21. The molecule has 0 aliphatic rings.